The number of hydrogen-bond acceptors (Lipinski definition) is 3. The fraction of sp³-hybridized carbons (Fsp3) is 0.364. The molecule has 1 saturated carbocycles. The molecule has 17 heavy (non-hydrogen) atoms. The van der Waals surface area contributed by atoms with Gasteiger partial charge in [0.1, 0.15) is 5.82 Å². The summed E-state index contributed by atoms with van der Waals surface area (Å²) in [5.41, 5.74) is -0.381. The van der Waals surface area contributed by atoms with Crippen molar-refractivity contribution < 1.29 is 14.1 Å². The minimum atomic E-state index is -0.669. The van der Waals surface area contributed by atoms with Gasteiger partial charge in [0.2, 0.25) is 5.91 Å². The van der Waals surface area contributed by atoms with E-state index in [1.807, 2.05) is 6.92 Å². The molecule has 2 unspecified atom stereocenters. The molecule has 1 fully saturated rings. The van der Waals surface area contributed by atoms with Crippen LogP contribution < -0.4 is 5.32 Å². The van der Waals surface area contributed by atoms with Crippen LogP contribution in [0.15, 0.2) is 18.2 Å². The Hall–Kier alpha value is -1.98. The Balaban J connectivity index is 2.16. The van der Waals surface area contributed by atoms with Crippen LogP contribution in [0.2, 0.25) is 0 Å². The van der Waals surface area contributed by atoms with Gasteiger partial charge in [-0.05, 0) is 18.4 Å². The van der Waals surface area contributed by atoms with Crippen LogP contribution in [0.4, 0.5) is 15.8 Å². The van der Waals surface area contributed by atoms with Crippen LogP contribution in [0.1, 0.15) is 13.3 Å². The van der Waals surface area contributed by atoms with Crippen molar-refractivity contribution in [1.29, 1.82) is 0 Å². The maximum absolute atomic E-state index is 13.3. The van der Waals surface area contributed by atoms with E-state index in [-0.39, 0.29) is 23.2 Å². The highest BCUT2D eigenvalue weighted by Gasteiger charge is 2.39. The monoisotopic (exact) mass is 238 g/mol. The second kappa shape index (κ2) is 4.12. The van der Waals surface area contributed by atoms with Crippen molar-refractivity contribution in [2.75, 3.05) is 5.32 Å². The summed E-state index contributed by atoms with van der Waals surface area (Å²) < 4.78 is 13.3. The molecule has 1 amide bonds. The molecule has 0 aromatic heterocycles. The molecule has 6 heteroatoms. The molecule has 2 rings (SSSR count). The molecule has 0 saturated heterocycles. The quantitative estimate of drug-likeness (QED) is 0.648. The number of non-ortho nitro benzene ring substituents is 1. The number of benzene rings is 1. The molecule has 2 atom stereocenters. The summed E-state index contributed by atoms with van der Waals surface area (Å²) in [6.07, 6.45) is 0.780. The van der Waals surface area contributed by atoms with Crippen molar-refractivity contribution in [2.24, 2.45) is 11.8 Å². The molecule has 1 aliphatic rings. The van der Waals surface area contributed by atoms with Gasteiger partial charge in [-0.15, -0.1) is 0 Å². The first-order valence-electron chi connectivity index (χ1n) is 5.24. The van der Waals surface area contributed by atoms with Gasteiger partial charge in [-0.2, -0.15) is 0 Å². The third kappa shape index (κ3) is 2.41. The highest BCUT2D eigenvalue weighted by molar-refractivity contribution is 5.94. The van der Waals surface area contributed by atoms with Crippen LogP contribution in [0.3, 0.4) is 0 Å². The lowest BCUT2D eigenvalue weighted by Crippen LogP contribution is -2.15. The maximum Gasteiger partial charge on any atom is 0.271 e. The van der Waals surface area contributed by atoms with E-state index in [9.17, 15) is 19.3 Å². The molecular weight excluding hydrogens is 227 g/mol. The molecular formula is C11H11FN2O3. The van der Waals surface area contributed by atoms with Crippen LogP contribution in [-0.4, -0.2) is 10.8 Å². The normalized spacial score (nSPS) is 22.0. The fourth-order valence-corrected chi connectivity index (χ4v) is 1.64. The van der Waals surface area contributed by atoms with Gasteiger partial charge >= 0.3 is 0 Å². The van der Waals surface area contributed by atoms with Crippen LogP contribution in [-0.2, 0) is 4.79 Å². The van der Waals surface area contributed by atoms with Crippen molar-refractivity contribution in [3.8, 4) is 0 Å². The summed E-state index contributed by atoms with van der Waals surface area (Å²) in [6, 6.07) is 3.06. The van der Waals surface area contributed by atoms with E-state index in [1.54, 1.807) is 0 Å². The zero-order valence-corrected chi connectivity index (χ0v) is 9.14. The van der Waals surface area contributed by atoms with Gasteiger partial charge in [-0.1, -0.05) is 6.92 Å². The Morgan fingerprint density at radius 1 is 1.59 bits per heavy atom. The molecule has 0 radical (unpaired) electrons. The minimum absolute atomic E-state index is 0.103. The fourth-order valence-electron chi connectivity index (χ4n) is 1.64. The third-order valence-electron chi connectivity index (χ3n) is 2.86. The van der Waals surface area contributed by atoms with Gasteiger partial charge in [0, 0.05) is 18.1 Å². The van der Waals surface area contributed by atoms with E-state index in [1.165, 1.54) is 0 Å². The standard InChI is InChI=1S/C11H11FN2O3/c1-6-4-8(6)11(15)13-10-5-7(14(16)17)2-3-9(10)12/h2-3,5-6,8H,4H2,1H3,(H,13,15). The number of nitrogens with zero attached hydrogens (tertiary/aromatic N) is 1. The highest BCUT2D eigenvalue weighted by Crippen LogP contribution is 2.38. The number of nitro groups is 1. The highest BCUT2D eigenvalue weighted by atomic mass is 19.1. The third-order valence-corrected chi connectivity index (χ3v) is 2.86. The molecule has 1 aliphatic carbocycles. The SMILES string of the molecule is CC1CC1C(=O)Nc1cc([N+](=O)[O-])ccc1F. The van der Waals surface area contributed by atoms with E-state index >= 15 is 0 Å². The van der Waals surface area contributed by atoms with Crippen molar-refractivity contribution in [3.63, 3.8) is 0 Å². The predicted octanol–water partition coefficient (Wildman–Crippen LogP) is 2.33. The Morgan fingerprint density at radius 3 is 2.76 bits per heavy atom. The van der Waals surface area contributed by atoms with Gasteiger partial charge in [0.25, 0.3) is 5.69 Å². The van der Waals surface area contributed by atoms with Gasteiger partial charge in [-0.25, -0.2) is 4.39 Å². The minimum Gasteiger partial charge on any atom is -0.323 e. The van der Waals surface area contributed by atoms with Gasteiger partial charge < -0.3 is 5.32 Å². The Bertz CT molecular complexity index is 490. The number of hydrogen-bond donors (Lipinski definition) is 1. The number of nitro benzene ring substituents is 1. The van der Waals surface area contributed by atoms with E-state index < -0.39 is 10.7 Å². The summed E-state index contributed by atoms with van der Waals surface area (Å²) in [5, 5.41) is 12.9. The maximum atomic E-state index is 13.3. The first-order valence-corrected chi connectivity index (χ1v) is 5.24. The van der Waals surface area contributed by atoms with Gasteiger partial charge in [-0.3, -0.25) is 14.9 Å². The topological polar surface area (TPSA) is 72.2 Å². The smallest absolute Gasteiger partial charge is 0.271 e. The molecule has 5 nitrogen and oxygen atoms in total. The molecule has 1 aromatic carbocycles. The van der Waals surface area contributed by atoms with Crippen LogP contribution in [0.25, 0.3) is 0 Å². The summed E-state index contributed by atoms with van der Waals surface area (Å²) in [6.45, 7) is 1.92. The first-order chi connectivity index (χ1) is 7.99. The number of nitrogens with one attached hydrogen (secondary N) is 1. The Morgan fingerprint density at radius 2 is 2.24 bits per heavy atom. The Kier molecular flexibility index (Phi) is 2.79. The average Bonchev–Trinajstić information content (AvgIpc) is 2.98. The molecule has 1 aromatic rings. The van der Waals surface area contributed by atoms with Gasteiger partial charge in [0.15, 0.2) is 0 Å². The number of halogens is 1. The van der Waals surface area contributed by atoms with E-state index in [4.69, 9.17) is 0 Å². The molecule has 0 aliphatic heterocycles. The first kappa shape index (κ1) is 11.5. The van der Waals surface area contributed by atoms with Crippen molar-refractivity contribution in [3.05, 3.63) is 34.1 Å². The van der Waals surface area contributed by atoms with E-state index in [0.717, 1.165) is 24.6 Å². The summed E-state index contributed by atoms with van der Waals surface area (Å²) in [5.74, 6) is -0.750. The molecule has 1 N–H and O–H groups in total. The number of carbonyl (C=O) groups excluding carboxylic acids is 1. The largest absolute Gasteiger partial charge is 0.323 e. The summed E-state index contributed by atoms with van der Waals surface area (Å²) in [4.78, 5) is 21.5. The summed E-state index contributed by atoms with van der Waals surface area (Å²) >= 11 is 0. The number of carbonyl (C=O) groups is 1. The lowest BCUT2D eigenvalue weighted by atomic mass is 10.2. The van der Waals surface area contributed by atoms with Crippen LogP contribution >= 0.6 is 0 Å². The zero-order chi connectivity index (χ0) is 12.6. The lowest BCUT2D eigenvalue weighted by Gasteiger charge is -2.05. The second-order valence-corrected chi connectivity index (χ2v) is 4.23. The molecule has 90 valence electrons. The average molecular weight is 238 g/mol. The predicted molar refractivity (Wildman–Crippen MR) is 59.0 cm³/mol. The number of rotatable bonds is 3. The van der Waals surface area contributed by atoms with Crippen molar-refractivity contribution in [1.82, 2.24) is 0 Å². The Labute approximate surface area is 96.8 Å². The van der Waals surface area contributed by atoms with Crippen LogP contribution in [0, 0.1) is 27.8 Å². The molecule has 0 heterocycles. The van der Waals surface area contributed by atoms with Gasteiger partial charge in [0.05, 0.1) is 10.6 Å². The second-order valence-electron chi connectivity index (χ2n) is 4.23. The number of anilines is 1. The van der Waals surface area contributed by atoms with Crippen LogP contribution in [0.5, 0.6) is 0 Å². The zero-order valence-electron chi connectivity index (χ0n) is 9.14. The van der Waals surface area contributed by atoms with Crippen molar-refractivity contribution in [2.45, 2.75) is 13.3 Å². The number of amides is 1. The molecule has 0 bridgehead atoms. The summed E-state index contributed by atoms with van der Waals surface area (Å²) in [7, 11) is 0. The lowest BCUT2D eigenvalue weighted by molar-refractivity contribution is -0.384. The van der Waals surface area contributed by atoms with E-state index in [0.29, 0.717) is 5.92 Å². The van der Waals surface area contributed by atoms with Crippen molar-refractivity contribution >= 4 is 17.3 Å². The molecule has 0 spiro atoms. The van der Waals surface area contributed by atoms with E-state index in [2.05, 4.69) is 5.32 Å².